The molecule has 31 heavy (non-hydrogen) atoms. The molecule has 156 valence electrons. The standard InChI is InChI=1S/C23H20N4O4/c28-13-8-9-14-16(11-13)31-20-17(15-7-4-10-24-22(15)29)18-21(25-19(14)20)27(26-23(18)30)12-5-2-1-3-6-12/h4,7-12,25H,1-3,5-6H2,(H,24,29)(H,26,30). The molecule has 0 unspecified atom stereocenters. The first kappa shape index (κ1) is 18.0. The zero-order valence-electron chi connectivity index (χ0n) is 16.7. The Balaban J connectivity index is 1.81. The van der Waals surface area contributed by atoms with Gasteiger partial charge in [-0.05, 0) is 37.1 Å². The summed E-state index contributed by atoms with van der Waals surface area (Å²) in [6, 6.07) is 8.19. The zero-order chi connectivity index (χ0) is 21.1. The molecule has 0 amide bonds. The lowest BCUT2D eigenvalue weighted by molar-refractivity contribution is 0.335. The molecule has 0 atom stereocenters. The van der Waals surface area contributed by atoms with Crippen LogP contribution < -0.4 is 16.5 Å². The average Bonchev–Trinajstić information content (AvgIpc) is 3.30. The molecule has 0 spiro atoms. The van der Waals surface area contributed by atoms with Crippen LogP contribution in [0, 0.1) is 0 Å². The minimum atomic E-state index is -0.314. The minimum Gasteiger partial charge on any atom is -0.454 e. The van der Waals surface area contributed by atoms with E-state index in [0.717, 1.165) is 31.1 Å². The van der Waals surface area contributed by atoms with Crippen LogP contribution in [0.4, 0.5) is 0 Å². The lowest BCUT2D eigenvalue weighted by Crippen LogP contribution is -2.16. The van der Waals surface area contributed by atoms with Crippen molar-refractivity contribution in [1.82, 2.24) is 19.7 Å². The Morgan fingerprint density at radius 3 is 2.65 bits per heavy atom. The first-order valence-corrected chi connectivity index (χ1v) is 10.5. The fraction of sp³-hybridized carbons (Fsp3) is 0.261. The van der Waals surface area contributed by atoms with E-state index in [2.05, 4.69) is 15.1 Å². The molecule has 1 aliphatic rings. The largest absolute Gasteiger partial charge is 0.454 e. The molecule has 8 nitrogen and oxygen atoms in total. The Bertz CT molecular complexity index is 1640. The molecule has 1 saturated carbocycles. The highest BCUT2D eigenvalue weighted by molar-refractivity contribution is 6.14. The van der Waals surface area contributed by atoms with E-state index in [1.807, 2.05) is 4.68 Å². The van der Waals surface area contributed by atoms with Crippen LogP contribution in [0.2, 0.25) is 0 Å². The number of benzene rings is 1. The molecule has 6 rings (SSSR count). The summed E-state index contributed by atoms with van der Waals surface area (Å²) in [5, 5.41) is 4.12. The SMILES string of the molecule is O=c1ccc2c(c1)oc1c(-c3ccc[nH]c3=O)c3c(=O)[nH]n(C4CCCCC4)c3[nH]c12. The molecule has 4 aromatic heterocycles. The summed E-state index contributed by atoms with van der Waals surface area (Å²) in [5.41, 5.74) is 2.12. The molecule has 5 aromatic rings. The van der Waals surface area contributed by atoms with Gasteiger partial charge < -0.3 is 14.4 Å². The number of nitrogens with one attached hydrogen (secondary N) is 3. The van der Waals surface area contributed by atoms with Crippen LogP contribution in [-0.4, -0.2) is 19.7 Å². The van der Waals surface area contributed by atoms with Crippen molar-refractivity contribution in [3.8, 4) is 11.1 Å². The zero-order valence-corrected chi connectivity index (χ0v) is 16.7. The van der Waals surface area contributed by atoms with E-state index in [4.69, 9.17) is 4.42 Å². The van der Waals surface area contributed by atoms with E-state index in [9.17, 15) is 14.4 Å². The molecule has 0 aliphatic heterocycles. The van der Waals surface area contributed by atoms with Gasteiger partial charge in [-0.25, -0.2) is 0 Å². The topological polar surface area (TPSA) is 117 Å². The second-order valence-corrected chi connectivity index (χ2v) is 8.20. The van der Waals surface area contributed by atoms with E-state index in [1.54, 1.807) is 24.4 Å². The van der Waals surface area contributed by atoms with Crippen molar-refractivity contribution in [2.45, 2.75) is 38.1 Å². The number of hydrogen-bond donors (Lipinski definition) is 3. The molecule has 0 bridgehead atoms. The minimum absolute atomic E-state index is 0.167. The van der Waals surface area contributed by atoms with Crippen molar-refractivity contribution < 1.29 is 4.42 Å². The quantitative estimate of drug-likeness (QED) is 0.406. The summed E-state index contributed by atoms with van der Waals surface area (Å²) in [6.07, 6.45) is 6.94. The van der Waals surface area contributed by atoms with Crippen LogP contribution in [-0.2, 0) is 0 Å². The van der Waals surface area contributed by atoms with Crippen LogP contribution >= 0.6 is 0 Å². The lowest BCUT2D eigenvalue weighted by Gasteiger charge is -2.23. The highest BCUT2D eigenvalue weighted by Crippen LogP contribution is 2.38. The van der Waals surface area contributed by atoms with Gasteiger partial charge in [0.15, 0.2) is 11.0 Å². The first-order valence-electron chi connectivity index (χ1n) is 10.5. The molecule has 4 heterocycles. The number of aromatic amines is 3. The number of furan rings is 1. The predicted octanol–water partition coefficient (Wildman–Crippen LogP) is 3.78. The van der Waals surface area contributed by atoms with Crippen molar-refractivity contribution >= 4 is 33.1 Å². The highest BCUT2D eigenvalue weighted by atomic mass is 16.3. The van der Waals surface area contributed by atoms with Crippen molar-refractivity contribution in [2.24, 2.45) is 0 Å². The maximum absolute atomic E-state index is 13.2. The smallest absolute Gasteiger partial charge is 0.274 e. The number of nitrogens with zero attached hydrogens (tertiary/aromatic N) is 1. The van der Waals surface area contributed by atoms with E-state index < -0.39 is 0 Å². The van der Waals surface area contributed by atoms with E-state index in [-0.39, 0.29) is 22.6 Å². The van der Waals surface area contributed by atoms with Crippen molar-refractivity contribution in [3.63, 3.8) is 0 Å². The lowest BCUT2D eigenvalue weighted by atomic mass is 9.95. The third-order valence-electron chi connectivity index (χ3n) is 6.34. The molecule has 8 heteroatoms. The maximum atomic E-state index is 13.2. The number of hydrogen-bond acceptors (Lipinski definition) is 4. The fourth-order valence-corrected chi connectivity index (χ4v) is 4.90. The molecular formula is C23H20N4O4. The van der Waals surface area contributed by atoms with Gasteiger partial charge in [-0.3, -0.25) is 24.2 Å². The van der Waals surface area contributed by atoms with Crippen LogP contribution in [0.3, 0.4) is 0 Å². The molecule has 0 saturated heterocycles. The molecule has 1 aromatic carbocycles. The van der Waals surface area contributed by atoms with Crippen molar-refractivity contribution in [2.75, 3.05) is 0 Å². The third kappa shape index (κ3) is 2.64. The van der Waals surface area contributed by atoms with Gasteiger partial charge in [0.05, 0.1) is 22.5 Å². The summed E-state index contributed by atoms with van der Waals surface area (Å²) in [5.74, 6) is 0. The summed E-state index contributed by atoms with van der Waals surface area (Å²) in [6.45, 7) is 0. The Labute approximate surface area is 174 Å². The van der Waals surface area contributed by atoms with Crippen molar-refractivity contribution in [3.05, 3.63) is 67.5 Å². The van der Waals surface area contributed by atoms with Gasteiger partial charge >= 0.3 is 0 Å². The first-order chi connectivity index (χ1) is 15.1. The van der Waals surface area contributed by atoms with Gasteiger partial charge in [0.25, 0.3) is 11.1 Å². The van der Waals surface area contributed by atoms with Gasteiger partial charge in [-0.1, -0.05) is 19.3 Å². The van der Waals surface area contributed by atoms with E-state index >= 15 is 0 Å². The Morgan fingerprint density at radius 1 is 1.00 bits per heavy atom. The Morgan fingerprint density at radius 2 is 1.84 bits per heavy atom. The van der Waals surface area contributed by atoms with Gasteiger partial charge in [-0.2, -0.15) is 0 Å². The van der Waals surface area contributed by atoms with Gasteiger partial charge in [0.2, 0.25) is 0 Å². The average molecular weight is 416 g/mol. The molecule has 3 N–H and O–H groups in total. The maximum Gasteiger partial charge on any atom is 0.274 e. The second-order valence-electron chi connectivity index (χ2n) is 8.20. The number of H-pyrrole nitrogens is 3. The summed E-state index contributed by atoms with van der Waals surface area (Å²) >= 11 is 0. The predicted molar refractivity (Wildman–Crippen MR) is 119 cm³/mol. The number of aromatic nitrogens is 4. The van der Waals surface area contributed by atoms with Crippen LogP contribution in [0.25, 0.3) is 44.2 Å². The number of rotatable bonds is 2. The second kappa shape index (κ2) is 6.60. The van der Waals surface area contributed by atoms with Gasteiger partial charge in [0.1, 0.15) is 11.2 Å². The highest BCUT2D eigenvalue weighted by Gasteiger charge is 2.26. The normalized spacial score (nSPS) is 15.4. The van der Waals surface area contributed by atoms with Crippen LogP contribution in [0.1, 0.15) is 38.1 Å². The summed E-state index contributed by atoms with van der Waals surface area (Å²) in [7, 11) is 0. The number of fused-ring (bicyclic) bond motifs is 4. The van der Waals surface area contributed by atoms with Crippen LogP contribution in [0.15, 0.2) is 55.3 Å². The van der Waals surface area contributed by atoms with Gasteiger partial charge in [0, 0.05) is 23.2 Å². The Hall–Kier alpha value is -3.81. The molecule has 1 fully saturated rings. The number of pyridine rings is 2. The third-order valence-corrected chi connectivity index (χ3v) is 6.34. The van der Waals surface area contributed by atoms with Crippen LogP contribution in [0.5, 0.6) is 0 Å². The van der Waals surface area contributed by atoms with Gasteiger partial charge in [-0.15, -0.1) is 0 Å². The monoisotopic (exact) mass is 416 g/mol. The molecule has 0 radical (unpaired) electrons. The molecule has 1 aliphatic carbocycles. The van der Waals surface area contributed by atoms with E-state index in [0.29, 0.717) is 38.8 Å². The fourth-order valence-electron chi connectivity index (χ4n) is 4.90. The van der Waals surface area contributed by atoms with E-state index in [1.165, 1.54) is 18.6 Å². The summed E-state index contributed by atoms with van der Waals surface area (Å²) in [4.78, 5) is 43.8. The van der Waals surface area contributed by atoms with Crippen molar-refractivity contribution in [1.29, 1.82) is 0 Å². The summed E-state index contributed by atoms with van der Waals surface area (Å²) < 4.78 is 7.96. The Kier molecular flexibility index (Phi) is 3.83. The molecular weight excluding hydrogens is 396 g/mol.